The molecule has 0 spiro atoms. The molecule has 0 amide bonds. The lowest BCUT2D eigenvalue weighted by Gasteiger charge is -2.19. The van der Waals surface area contributed by atoms with Gasteiger partial charge in [0, 0.05) is 18.6 Å². The highest BCUT2D eigenvalue weighted by atomic mass is 32.2. The summed E-state index contributed by atoms with van der Waals surface area (Å²) < 4.78 is 46.8. The van der Waals surface area contributed by atoms with E-state index in [1.807, 2.05) is 32.0 Å². The van der Waals surface area contributed by atoms with Gasteiger partial charge in [0.05, 0.1) is 17.3 Å². The van der Waals surface area contributed by atoms with Crippen LogP contribution in [0.4, 0.5) is 13.2 Å². The Balaban J connectivity index is 1.75. The maximum absolute atomic E-state index is 12.2. The van der Waals surface area contributed by atoms with Crippen molar-refractivity contribution in [2.75, 3.05) is 13.2 Å². The Morgan fingerprint density at radius 3 is 2.34 bits per heavy atom. The third kappa shape index (κ3) is 6.66. The number of halogens is 3. The van der Waals surface area contributed by atoms with Gasteiger partial charge in [0.25, 0.3) is 0 Å². The van der Waals surface area contributed by atoms with Crippen molar-refractivity contribution < 1.29 is 27.4 Å². The van der Waals surface area contributed by atoms with Gasteiger partial charge in [0.1, 0.15) is 12.4 Å². The Kier molecular flexibility index (Phi) is 8.07. The van der Waals surface area contributed by atoms with Crippen LogP contribution >= 0.6 is 0 Å². The first-order chi connectivity index (χ1) is 15.2. The van der Waals surface area contributed by atoms with Crippen LogP contribution in [0.15, 0.2) is 76.6 Å². The second-order valence-corrected chi connectivity index (χ2v) is 9.72. The van der Waals surface area contributed by atoms with Gasteiger partial charge in [-0.3, -0.25) is 0 Å². The Hall–Kier alpha value is -2.67. The number of esters is 1. The van der Waals surface area contributed by atoms with E-state index < -0.39 is 31.8 Å². The van der Waals surface area contributed by atoms with E-state index in [9.17, 15) is 18.0 Å². The van der Waals surface area contributed by atoms with Crippen LogP contribution < -0.4 is 4.74 Å². The number of allylic oxidation sites excluding steroid dienone is 3. The normalized spacial score (nSPS) is 16.6. The summed E-state index contributed by atoms with van der Waals surface area (Å²) in [6, 6.07) is 14.5. The SMILES string of the molecule is Cc1cc([S+](c2ccccc2)C2C=CC=CC2)cc(C)c1OCC(=O)OCCC(F)(F)F. The van der Waals surface area contributed by atoms with Crippen LogP contribution in [-0.2, 0) is 20.4 Å². The molecule has 170 valence electrons. The zero-order chi connectivity index (χ0) is 23.1. The predicted molar refractivity (Wildman–Crippen MR) is 120 cm³/mol. The Morgan fingerprint density at radius 2 is 1.75 bits per heavy atom. The van der Waals surface area contributed by atoms with E-state index in [4.69, 9.17) is 4.74 Å². The third-order valence-corrected chi connectivity index (χ3v) is 7.39. The van der Waals surface area contributed by atoms with Gasteiger partial charge < -0.3 is 9.47 Å². The fraction of sp³-hybridized carbons (Fsp3) is 0.320. The summed E-state index contributed by atoms with van der Waals surface area (Å²) in [6.45, 7) is 2.68. The van der Waals surface area contributed by atoms with E-state index in [-0.39, 0.29) is 10.9 Å². The topological polar surface area (TPSA) is 35.5 Å². The highest BCUT2D eigenvalue weighted by Gasteiger charge is 2.34. The van der Waals surface area contributed by atoms with E-state index in [1.165, 1.54) is 9.79 Å². The Bertz CT molecular complexity index is 961. The standard InChI is InChI=1S/C25H26F3O3S/c1-18-15-22(32(20-9-5-3-6-10-20)21-11-7-4-8-12-21)16-19(2)24(18)31-17-23(29)30-14-13-25(26,27)28/h3-11,15-16,21H,12-14,17H2,1-2H3/q+1. The number of benzene rings is 2. The van der Waals surface area contributed by atoms with Gasteiger partial charge in [-0.25, -0.2) is 4.79 Å². The lowest BCUT2D eigenvalue weighted by atomic mass is 10.1. The Labute approximate surface area is 189 Å². The van der Waals surface area contributed by atoms with Gasteiger partial charge in [0.2, 0.25) is 0 Å². The van der Waals surface area contributed by atoms with E-state index >= 15 is 0 Å². The van der Waals surface area contributed by atoms with Crippen molar-refractivity contribution in [3.05, 3.63) is 77.9 Å². The molecule has 3 rings (SSSR count). The fourth-order valence-corrected chi connectivity index (χ4v) is 6.08. The molecular formula is C25H26F3O3S+. The molecule has 2 unspecified atom stereocenters. The monoisotopic (exact) mass is 463 g/mol. The number of rotatable bonds is 8. The molecule has 32 heavy (non-hydrogen) atoms. The highest BCUT2D eigenvalue weighted by molar-refractivity contribution is 7.97. The van der Waals surface area contributed by atoms with Crippen molar-refractivity contribution in [2.24, 2.45) is 0 Å². The minimum Gasteiger partial charge on any atom is -0.481 e. The molecule has 0 radical (unpaired) electrons. The average Bonchev–Trinajstić information content (AvgIpc) is 2.74. The number of carbonyl (C=O) groups excluding carboxylic acids is 1. The molecule has 2 aromatic rings. The molecule has 7 heteroatoms. The van der Waals surface area contributed by atoms with Crippen molar-refractivity contribution in [2.45, 2.75) is 47.9 Å². The van der Waals surface area contributed by atoms with Crippen LogP contribution in [0.3, 0.4) is 0 Å². The molecule has 0 heterocycles. The van der Waals surface area contributed by atoms with E-state index in [2.05, 4.69) is 53.3 Å². The maximum Gasteiger partial charge on any atom is 0.392 e. The highest BCUT2D eigenvalue weighted by Crippen LogP contribution is 2.35. The van der Waals surface area contributed by atoms with Gasteiger partial charge in [-0.15, -0.1) is 0 Å². The largest absolute Gasteiger partial charge is 0.481 e. The second kappa shape index (κ2) is 10.8. The van der Waals surface area contributed by atoms with Crippen LogP contribution in [0, 0.1) is 13.8 Å². The summed E-state index contributed by atoms with van der Waals surface area (Å²) in [5.74, 6) is -0.266. The molecule has 1 aliphatic carbocycles. The molecule has 2 aromatic carbocycles. The van der Waals surface area contributed by atoms with E-state index in [0.717, 1.165) is 17.5 Å². The third-order valence-electron chi connectivity index (χ3n) is 4.91. The molecule has 1 aliphatic rings. The van der Waals surface area contributed by atoms with Gasteiger partial charge >= 0.3 is 12.1 Å². The quantitative estimate of drug-likeness (QED) is 0.351. The summed E-state index contributed by atoms with van der Waals surface area (Å²) in [5, 5.41) is 0.344. The molecule has 0 aliphatic heterocycles. The van der Waals surface area contributed by atoms with Gasteiger partial charge in [-0.2, -0.15) is 13.2 Å². The summed E-state index contributed by atoms with van der Waals surface area (Å²) in [7, 11) is -0.184. The first-order valence-corrected chi connectivity index (χ1v) is 11.6. The maximum atomic E-state index is 12.2. The molecule has 2 atom stereocenters. The predicted octanol–water partition coefficient (Wildman–Crippen LogP) is 6.10. The number of hydrogen-bond acceptors (Lipinski definition) is 3. The summed E-state index contributed by atoms with van der Waals surface area (Å²) in [6.07, 6.45) is 3.98. The lowest BCUT2D eigenvalue weighted by Crippen LogP contribution is -2.21. The molecule has 0 saturated heterocycles. The summed E-state index contributed by atoms with van der Waals surface area (Å²) >= 11 is 0. The molecule has 3 nitrogen and oxygen atoms in total. The Morgan fingerprint density at radius 1 is 1.06 bits per heavy atom. The van der Waals surface area contributed by atoms with Crippen LogP contribution in [0.2, 0.25) is 0 Å². The molecule has 0 aromatic heterocycles. The van der Waals surface area contributed by atoms with Crippen LogP contribution in [-0.4, -0.2) is 30.6 Å². The van der Waals surface area contributed by atoms with Crippen molar-refractivity contribution in [3.8, 4) is 5.75 Å². The van der Waals surface area contributed by atoms with Crippen LogP contribution in [0.5, 0.6) is 5.75 Å². The minimum absolute atomic E-state index is 0.184. The molecule has 0 saturated carbocycles. The van der Waals surface area contributed by atoms with Crippen molar-refractivity contribution in [1.29, 1.82) is 0 Å². The van der Waals surface area contributed by atoms with Crippen molar-refractivity contribution in [1.82, 2.24) is 0 Å². The van der Waals surface area contributed by atoms with E-state index in [0.29, 0.717) is 11.0 Å². The molecular weight excluding hydrogens is 437 g/mol. The zero-order valence-corrected chi connectivity index (χ0v) is 18.8. The zero-order valence-electron chi connectivity index (χ0n) is 18.0. The number of alkyl halides is 3. The van der Waals surface area contributed by atoms with Gasteiger partial charge in [-0.05, 0) is 43.2 Å². The summed E-state index contributed by atoms with van der Waals surface area (Å²) in [5.41, 5.74) is 1.73. The van der Waals surface area contributed by atoms with Crippen LogP contribution in [0.1, 0.15) is 24.0 Å². The average molecular weight is 464 g/mol. The minimum atomic E-state index is -4.36. The van der Waals surface area contributed by atoms with Crippen LogP contribution in [0.25, 0.3) is 0 Å². The number of ether oxygens (including phenoxy) is 2. The van der Waals surface area contributed by atoms with Crippen molar-refractivity contribution in [3.63, 3.8) is 0 Å². The van der Waals surface area contributed by atoms with E-state index in [1.54, 1.807) is 0 Å². The second-order valence-electron chi connectivity index (χ2n) is 7.50. The molecule has 0 N–H and O–H groups in total. The van der Waals surface area contributed by atoms with Gasteiger partial charge in [0.15, 0.2) is 21.6 Å². The number of hydrogen-bond donors (Lipinski definition) is 0. The summed E-state index contributed by atoms with van der Waals surface area (Å²) in [4.78, 5) is 14.2. The first kappa shape index (κ1) is 24.0. The molecule has 0 fully saturated rings. The van der Waals surface area contributed by atoms with Gasteiger partial charge in [-0.1, -0.05) is 36.4 Å². The number of aryl methyl sites for hydroxylation is 2. The fourth-order valence-electron chi connectivity index (χ4n) is 3.50. The van der Waals surface area contributed by atoms with Crippen molar-refractivity contribution >= 4 is 16.9 Å². The molecule has 0 bridgehead atoms. The lowest BCUT2D eigenvalue weighted by molar-refractivity contribution is -0.160. The first-order valence-electron chi connectivity index (χ1n) is 10.3. The smallest absolute Gasteiger partial charge is 0.392 e. The number of carbonyl (C=O) groups is 1.